The fraction of sp³-hybridized carbons (Fsp3) is 1.00. The third kappa shape index (κ3) is 3.17. The lowest BCUT2D eigenvalue weighted by Gasteiger charge is -2.54. The van der Waals surface area contributed by atoms with Crippen LogP contribution >= 0.6 is 0 Å². The van der Waals surface area contributed by atoms with Gasteiger partial charge >= 0.3 is 0 Å². The molecule has 1 N–H and O–H groups in total. The van der Waals surface area contributed by atoms with Crippen molar-refractivity contribution in [3.8, 4) is 0 Å². The molecule has 1 aliphatic heterocycles. The molecule has 3 aliphatic rings. The lowest BCUT2D eigenvalue weighted by atomic mass is 9.66. The summed E-state index contributed by atoms with van der Waals surface area (Å²) < 4.78 is 0. The summed E-state index contributed by atoms with van der Waals surface area (Å²) in [4.78, 5) is 2.91. The Bertz CT molecular complexity index is 334. The molecule has 0 aromatic rings. The number of rotatable bonds is 4. The molecule has 1 saturated heterocycles. The van der Waals surface area contributed by atoms with Crippen LogP contribution in [-0.4, -0.2) is 36.1 Å². The van der Waals surface area contributed by atoms with Gasteiger partial charge in [-0.2, -0.15) is 0 Å². The maximum absolute atomic E-state index is 3.99. The van der Waals surface area contributed by atoms with E-state index in [9.17, 15) is 0 Å². The first-order valence-corrected chi connectivity index (χ1v) is 9.57. The van der Waals surface area contributed by atoms with Gasteiger partial charge in [0, 0.05) is 31.2 Å². The minimum atomic E-state index is 0.461. The Morgan fingerprint density at radius 3 is 2.29 bits per heavy atom. The first-order valence-electron chi connectivity index (χ1n) is 9.57. The van der Waals surface area contributed by atoms with Gasteiger partial charge in [-0.15, -0.1) is 0 Å². The first-order chi connectivity index (χ1) is 10.1. The fourth-order valence-electron chi connectivity index (χ4n) is 5.14. The summed E-state index contributed by atoms with van der Waals surface area (Å²) in [5.74, 6) is 0.771. The minimum absolute atomic E-state index is 0.461. The average molecular weight is 293 g/mol. The van der Waals surface area contributed by atoms with Gasteiger partial charge in [0.05, 0.1) is 0 Å². The highest BCUT2D eigenvalue weighted by Crippen LogP contribution is 2.46. The summed E-state index contributed by atoms with van der Waals surface area (Å²) in [6, 6.07) is 0.751. The molecule has 1 heterocycles. The van der Waals surface area contributed by atoms with Crippen LogP contribution in [0.15, 0.2) is 0 Å². The van der Waals surface area contributed by atoms with Gasteiger partial charge in [-0.25, -0.2) is 0 Å². The molecule has 3 rings (SSSR count). The summed E-state index contributed by atoms with van der Waals surface area (Å²) in [6.45, 7) is 11.2. The molecule has 2 saturated carbocycles. The third-order valence-corrected chi connectivity index (χ3v) is 6.94. The van der Waals surface area contributed by atoms with Crippen LogP contribution in [0.5, 0.6) is 0 Å². The highest BCUT2D eigenvalue weighted by atomic mass is 15.3. The van der Waals surface area contributed by atoms with Crippen molar-refractivity contribution in [3.63, 3.8) is 0 Å². The summed E-state index contributed by atoms with van der Waals surface area (Å²) in [7, 11) is 0. The molecule has 21 heavy (non-hydrogen) atoms. The number of hydrogen-bond acceptors (Lipinski definition) is 2. The molecule has 1 spiro atoms. The second-order valence-corrected chi connectivity index (χ2v) is 8.65. The van der Waals surface area contributed by atoms with Crippen LogP contribution in [0.1, 0.15) is 78.6 Å². The zero-order valence-corrected chi connectivity index (χ0v) is 14.6. The van der Waals surface area contributed by atoms with E-state index in [2.05, 4.69) is 31.0 Å². The van der Waals surface area contributed by atoms with Gasteiger partial charge in [-0.05, 0) is 43.4 Å². The molecule has 2 heteroatoms. The molecule has 0 radical (unpaired) electrons. The highest BCUT2D eigenvalue weighted by Gasteiger charge is 2.44. The normalized spacial score (nSPS) is 32.3. The number of nitrogens with one attached hydrogen (secondary N) is 1. The second-order valence-electron chi connectivity index (χ2n) is 8.65. The smallest absolute Gasteiger partial charge is 0.0309 e. The van der Waals surface area contributed by atoms with Gasteiger partial charge in [-0.1, -0.05) is 46.5 Å². The Hall–Kier alpha value is -0.0800. The maximum atomic E-state index is 3.99. The summed E-state index contributed by atoms with van der Waals surface area (Å²) in [6.07, 6.45) is 13.0. The van der Waals surface area contributed by atoms with E-state index in [1.54, 1.807) is 0 Å². The van der Waals surface area contributed by atoms with Crippen molar-refractivity contribution in [2.75, 3.05) is 19.6 Å². The Balaban J connectivity index is 1.71. The molecular formula is C19H36N2. The van der Waals surface area contributed by atoms with E-state index in [0.29, 0.717) is 11.0 Å². The molecule has 0 amide bonds. The minimum Gasteiger partial charge on any atom is -0.308 e. The second kappa shape index (κ2) is 6.20. The zero-order chi connectivity index (χ0) is 14.9. The van der Waals surface area contributed by atoms with Crippen LogP contribution in [0.2, 0.25) is 0 Å². The lowest BCUT2D eigenvalue weighted by Crippen LogP contribution is -2.67. The van der Waals surface area contributed by atoms with Crippen molar-refractivity contribution in [1.29, 1.82) is 0 Å². The quantitative estimate of drug-likeness (QED) is 0.835. The van der Waals surface area contributed by atoms with Crippen molar-refractivity contribution in [1.82, 2.24) is 10.2 Å². The Morgan fingerprint density at radius 1 is 1.05 bits per heavy atom. The number of nitrogens with zero attached hydrogens (tertiary/aromatic N) is 1. The van der Waals surface area contributed by atoms with E-state index < -0.39 is 0 Å². The lowest BCUT2D eigenvalue weighted by molar-refractivity contribution is -0.0202. The van der Waals surface area contributed by atoms with Crippen LogP contribution in [0.25, 0.3) is 0 Å². The molecule has 2 nitrogen and oxygen atoms in total. The van der Waals surface area contributed by atoms with Gasteiger partial charge in [0.1, 0.15) is 0 Å². The monoisotopic (exact) mass is 292 g/mol. The van der Waals surface area contributed by atoms with Crippen molar-refractivity contribution in [2.45, 2.75) is 90.1 Å². The number of piperazine rings is 1. The van der Waals surface area contributed by atoms with E-state index in [0.717, 1.165) is 12.0 Å². The third-order valence-electron chi connectivity index (χ3n) is 6.94. The standard InChI is InChI=1S/C19H36N2/c1-4-18(9-8-10-18)14-21-15-19(11-6-5-7-12-19)20-13-17(21)16(2)3/h16-17,20H,4-15H2,1-3H3. The van der Waals surface area contributed by atoms with Crippen LogP contribution in [-0.2, 0) is 0 Å². The van der Waals surface area contributed by atoms with Crippen LogP contribution < -0.4 is 5.32 Å². The van der Waals surface area contributed by atoms with Crippen LogP contribution in [0.4, 0.5) is 0 Å². The predicted molar refractivity (Wildman–Crippen MR) is 90.6 cm³/mol. The van der Waals surface area contributed by atoms with Crippen LogP contribution in [0.3, 0.4) is 0 Å². The Labute approximate surface area is 132 Å². The van der Waals surface area contributed by atoms with Gasteiger partial charge in [0.25, 0.3) is 0 Å². The molecule has 3 fully saturated rings. The van der Waals surface area contributed by atoms with E-state index in [1.807, 2.05) is 0 Å². The molecule has 122 valence electrons. The molecule has 1 atom stereocenters. The average Bonchev–Trinajstić information content (AvgIpc) is 2.43. The number of hydrogen-bond donors (Lipinski definition) is 1. The molecule has 0 aromatic carbocycles. The van der Waals surface area contributed by atoms with Gasteiger partial charge in [-0.3, -0.25) is 4.90 Å². The zero-order valence-electron chi connectivity index (χ0n) is 14.6. The first kappa shape index (κ1) is 15.8. The summed E-state index contributed by atoms with van der Waals surface area (Å²) in [5.41, 5.74) is 1.13. The topological polar surface area (TPSA) is 15.3 Å². The molecule has 0 aromatic heterocycles. The van der Waals surface area contributed by atoms with Gasteiger partial charge in [0.15, 0.2) is 0 Å². The van der Waals surface area contributed by atoms with E-state index in [4.69, 9.17) is 0 Å². The van der Waals surface area contributed by atoms with E-state index in [1.165, 1.54) is 77.4 Å². The molecule has 0 bridgehead atoms. The van der Waals surface area contributed by atoms with Crippen molar-refractivity contribution >= 4 is 0 Å². The SMILES string of the molecule is CCC1(CN2CC3(CCCCC3)NCC2C(C)C)CCC1. The maximum Gasteiger partial charge on any atom is 0.0309 e. The summed E-state index contributed by atoms with van der Waals surface area (Å²) in [5, 5.41) is 3.99. The van der Waals surface area contributed by atoms with E-state index >= 15 is 0 Å². The van der Waals surface area contributed by atoms with Gasteiger partial charge < -0.3 is 5.32 Å². The Morgan fingerprint density at radius 2 is 1.76 bits per heavy atom. The molecular weight excluding hydrogens is 256 g/mol. The Kier molecular flexibility index (Phi) is 4.66. The molecule has 1 unspecified atom stereocenters. The van der Waals surface area contributed by atoms with Crippen molar-refractivity contribution in [2.24, 2.45) is 11.3 Å². The van der Waals surface area contributed by atoms with Gasteiger partial charge in [0.2, 0.25) is 0 Å². The largest absolute Gasteiger partial charge is 0.308 e. The molecule has 2 aliphatic carbocycles. The van der Waals surface area contributed by atoms with Crippen LogP contribution in [0, 0.1) is 11.3 Å². The highest BCUT2D eigenvalue weighted by molar-refractivity contribution is 5.02. The predicted octanol–water partition coefficient (Wildman–Crippen LogP) is 4.20. The fourth-order valence-corrected chi connectivity index (χ4v) is 5.14. The van der Waals surface area contributed by atoms with Crippen molar-refractivity contribution < 1.29 is 0 Å². The van der Waals surface area contributed by atoms with Crippen molar-refractivity contribution in [3.05, 3.63) is 0 Å². The van der Waals surface area contributed by atoms with E-state index in [-0.39, 0.29) is 0 Å². The summed E-state index contributed by atoms with van der Waals surface area (Å²) >= 11 is 0.